The van der Waals surface area contributed by atoms with E-state index in [2.05, 4.69) is 0 Å². The van der Waals surface area contributed by atoms with Gasteiger partial charge in [0.25, 0.3) is 0 Å². The van der Waals surface area contributed by atoms with Crippen LogP contribution in [-0.4, -0.2) is 41.6 Å². The average molecular weight is 289 g/mol. The van der Waals surface area contributed by atoms with E-state index in [-0.39, 0.29) is 5.91 Å². The fourth-order valence-corrected chi connectivity index (χ4v) is 3.00. The maximum atomic E-state index is 12.3. The van der Waals surface area contributed by atoms with Gasteiger partial charge in [0.2, 0.25) is 5.91 Å². The van der Waals surface area contributed by atoms with Crippen molar-refractivity contribution in [2.45, 2.75) is 25.7 Å². The van der Waals surface area contributed by atoms with Crippen LogP contribution in [0.3, 0.4) is 0 Å². The third kappa shape index (κ3) is 3.01. The van der Waals surface area contributed by atoms with Gasteiger partial charge >= 0.3 is 5.97 Å². The molecule has 0 unspecified atom stereocenters. The summed E-state index contributed by atoms with van der Waals surface area (Å²) in [6, 6.07) is 5.89. The Bertz CT molecular complexity index is 569. The van der Waals surface area contributed by atoms with Gasteiger partial charge in [-0.15, -0.1) is 0 Å². The van der Waals surface area contributed by atoms with Crippen LogP contribution in [0.1, 0.15) is 24.0 Å². The number of nitrogens with zero attached hydrogens (tertiary/aromatic N) is 1. The standard InChI is InChI=1S/C16H19NO4/c18-15(17-6-5-13(10-17)16(19)20)9-11-3-4-14-12(8-11)2-1-7-21-14/h3-4,8,13H,1-2,5-7,9-10H2,(H,19,20)/t13-/m0/s1. The number of likely N-dealkylation sites (tertiary alicyclic amines) is 1. The van der Waals surface area contributed by atoms with Crippen LogP contribution < -0.4 is 4.74 Å². The van der Waals surface area contributed by atoms with Crippen molar-refractivity contribution in [3.8, 4) is 5.75 Å². The number of benzene rings is 1. The number of aryl methyl sites for hydroxylation is 1. The maximum Gasteiger partial charge on any atom is 0.308 e. The van der Waals surface area contributed by atoms with E-state index in [1.54, 1.807) is 4.90 Å². The van der Waals surface area contributed by atoms with Crippen molar-refractivity contribution >= 4 is 11.9 Å². The average Bonchev–Trinajstić information content (AvgIpc) is 2.97. The summed E-state index contributed by atoms with van der Waals surface area (Å²) in [5.41, 5.74) is 2.14. The molecule has 2 aliphatic heterocycles. The van der Waals surface area contributed by atoms with E-state index >= 15 is 0 Å². The van der Waals surface area contributed by atoms with Gasteiger partial charge in [0.05, 0.1) is 18.9 Å². The molecule has 3 rings (SSSR count). The fraction of sp³-hybridized carbons (Fsp3) is 0.500. The number of ether oxygens (including phenoxy) is 1. The van der Waals surface area contributed by atoms with Crippen LogP contribution >= 0.6 is 0 Å². The summed E-state index contributed by atoms with van der Waals surface area (Å²) in [6.45, 7) is 1.64. The lowest BCUT2D eigenvalue weighted by atomic mass is 10.0. The lowest BCUT2D eigenvalue weighted by molar-refractivity contribution is -0.141. The second-order valence-corrected chi connectivity index (χ2v) is 5.73. The van der Waals surface area contributed by atoms with Crippen LogP contribution in [0.25, 0.3) is 0 Å². The zero-order valence-corrected chi connectivity index (χ0v) is 11.9. The Morgan fingerprint density at radius 3 is 3.00 bits per heavy atom. The highest BCUT2D eigenvalue weighted by Crippen LogP contribution is 2.26. The Morgan fingerprint density at radius 1 is 1.38 bits per heavy atom. The zero-order valence-electron chi connectivity index (χ0n) is 11.9. The van der Waals surface area contributed by atoms with E-state index in [1.807, 2.05) is 18.2 Å². The highest BCUT2D eigenvalue weighted by atomic mass is 16.5. The molecular formula is C16H19NO4. The topological polar surface area (TPSA) is 66.8 Å². The lowest BCUT2D eigenvalue weighted by Gasteiger charge is -2.19. The van der Waals surface area contributed by atoms with Crippen molar-refractivity contribution in [2.24, 2.45) is 5.92 Å². The molecule has 0 spiro atoms. The first-order chi connectivity index (χ1) is 10.1. The Kier molecular flexibility index (Phi) is 3.82. The largest absolute Gasteiger partial charge is 0.493 e. The molecule has 1 amide bonds. The van der Waals surface area contributed by atoms with Gasteiger partial charge in [0.15, 0.2) is 0 Å². The van der Waals surface area contributed by atoms with Crippen molar-refractivity contribution in [1.82, 2.24) is 4.90 Å². The smallest absolute Gasteiger partial charge is 0.308 e. The van der Waals surface area contributed by atoms with E-state index in [0.717, 1.165) is 36.3 Å². The fourth-order valence-electron chi connectivity index (χ4n) is 3.00. The Hall–Kier alpha value is -2.04. The van der Waals surface area contributed by atoms with Gasteiger partial charge in [0.1, 0.15) is 5.75 Å². The molecule has 0 aromatic heterocycles. The Balaban J connectivity index is 1.64. The summed E-state index contributed by atoms with van der Waals surface area (Å²) in [5, 5.41) is 8.98. The van der Waals surface area contributed by atoms with Crippen LogP contribution in [0.2, 0.25) is 0 Å². The van der Waals surface area contributed by atoms with Gasteiger partial charge in [-0.05, 0) is 36.5 Å². The number of aliphatic carboxylic acids is 1. The van der Waals surface area contributed by atoms with Gasteiger partial charge < -0.3 is 14.7 Å². The van der Waals surface area contributed by atoms with Crippen molar-refractivity contribution in [2.75, 3.05) is 19.7 Å². The highest BCUT2D eigenvalue weighted by molar-refractivity contribution is 5.80. The number of carboxylic acid groups (broad SMARTS) is 1. The van der Waals surface area contributed by atoms with Gasteiger partial charge in [-0.3, -0.25) is 9.59 Å². The summed E-state index contributed by atoms with van der Waals surface area (Å²) >= 11 is 0. The molecule has 2 aliphatic rings. The van der Waals surface area contributed by atoms with Crippen molar-refractivity contribution in [3.05, 3.63) is 29.3 Å². The summed E-state index contributed by atoms with van der Waals surface area (Å²) < 4.78 is 5.56. The normalized spacial score (nSPS) is 20.8. The van der Waals surface area contributed by atoms with Crippen LogP contribution in [-0.2, 0) is 22.4 Å². The van der Waals surface area contributed by atoms with Gasteiger partial charge in [-0.2, -0.15) is 0 Å². The molecule has 1 aromatic carbocycles. The van der Waals surface area contributed by atoms with E-state index in [9.17, 15) is 9.59 Å². The van der Waals surface area contributed by atoms with E-state index in [0.29, 0.717) is 25.9 Å². The molecule has 0 bridgehead atoms. The second-order valence-electron chi connectivity index (χ2n) is 5.73. The predicted octanol–water partition coefficient (Wildman–Crippen LogP) is 1.49. The van der Waals surface area contributed by atoms with E-state index < -0.39 is 11.9 Å². The summed E-state index contributed by atoms with van der Waals surface area (Å²) in [6.07, 6.45) is 2.89. The number of carboxylic acids is 1. The minimum atomic E-state index is -0.809. The van der Waals surface area contributed by atoms with Crippen LogP contribution in [0, 0.1) is 5.92 Å². The first-order valence-corrected chi connectivity index (χ1v) is 7.38. The monoisotopic (exact) mass is 289 g/mol. The number of rotatable bonds is 3. The number of hydrogen-bond donors (Lipinski definition) is 1. The zero-order chi connectivity index (χ0) is 14.8. The third-order valence-electron chi connectivity index (χ3n) is 4.22. The number of carbonyl (C=O) groups is 2. The van der Waals surface area contributed by atoms with Crippen molar-refractivity contribution < 1.29 is 19.4 Å². The molecule has 1 N–H and O–H groups in total. The molecular weight excluding hydrogens is 270 g/mol. The molecule has 1 fully saturated rings. The number of hydrogen-bond acceptors (Lipinski definition) is 3. The molecule has 0 radical (unpaired) electrons. The maximum absolute atomic E-state index is 12.3. The molecule has 5 nitrogen and oxygen atoms in total. The number of amides is 1. The van der Waals surface area contributed by atoms with Gasteiger partial charge in [-0.25, -0.2) is 0 Å². The first-order valence-electron chi connectivity index (χ1n) is 7.38. The predicted molar refractivity (Wildman–Crippen MR) is 76.3 cm³/mol. The minimum absolute atomic E-state index is 0.00966. The van der Waals surface area contributed by atoms with Crippen LogP contribution in [0.4, 0.5) is 0 Å². The highest BCUT2D eigenvalue weighted by Gasteiger charge is 2.30. The molecule has 5 heteroatoms. The van der Waals surface area contributed by atoms with Gasteiger partial charge in [0, 0.05) is 13.1 Å². The molecule has 1 aromatic rings. The number of carbonyl (C=O) groups excluding carboxylic acids is 1. The third-order valence-corrected chi connectivity index (χ3v) is 4.22. The van der Waals surface area contributed by atoms with Crippen LogP contribution in [0.15, 0.2) is 18.2 Å². The minimum Gasteiger partial charge on any atom is -0.493 e. The molecule has 0 saturated carbocycles. The molecule has 2 heterocycles. The van der Waals surface area contributed by atoms with Crippen molar-refractivity contribution in [1.29, 1.82) is 0 Å². The summed E-state index contributed by atoms with van der Waals surface area (Å²) in [7, 11) is 0. The van der Waals surface area contributed by atoms with Crippen molar-refractivity contribution in [3.63, 3.8) is 0 Å². The summed E-state index contributed by atoms with van der Waals surface area (Å²) in [4.78, 5) is 24.9. The molecule has 0 aliphatic carbocycles. The first kappa shape index (κ1) is 13.9. The Morgan fingerprint density at radius 2 is 2.24 bits per heavy atom. The van der Waals surface area contributed by atoms with E-state index in [1.165, 1.54) is 0 Å². The lowest BCUT2D eigenvalue weighted by Crippen LogP contribution is -2.31. The SMILES string of the molecule is O=C(O)[C@H]1CCN(C(=O)Cc2ccc3c(c2)CCCO3)C1. The number of fused-ring (bicyclic) bond motifs is 1. The molecule has 1 saturated heterocycles. The molecule has 21 heavy (non-hydrogen) atoms. The second kappa shape index (κ2) is 5.76. The molecule has 1 atom stereocenters. The van der Waals surface area contributed by atoms with Gasteiger partial charge in [-0.1, -0.05) is 12.1 Å². The summed E-state index contributed by atoms with van der Waals surface area (Å²) in [5.74, 6) is -0.290. The Labute approximate surface area is 123 Å². The molecule has 112 valence electrons. The quantitative estimate of drug-likeness (QED) is 0.915. The van der Waals surface area contributed by atoms with E-state index in [4.69, 9.17) is 9.84 Å². The van der Waals surface area contributed by atoms with Crippen LogP contribution in [0.5, 0.6) is 5.75 Å².